The highest BCUT2D eigenvalue weighted by Crippen LogP contribution is 2.46. The Morgan fingerprint density at radius 2 is 1.98 bits per heavy atom. The van der Waals surface area contributed by atoms with Crippen LogP contribution < -0.4 is 19.8 Å². The van der Waals surface area contributed by atoms with Crippen LogP contribution in [0.15, 0.2) is 36.5 Å². The van der Waals surface area contributed by atoms with E-state index in [4.69, 9.17) is 25.7 Å². The Morgan fingerprint density at radius 1 is 1.26 bits per heavy atom. The topological polar surface area (TPSA) is 124 Å². The van der Waals surface area contributed by atoms with E-state index in [0.29, 0.717) is 72.7 Å². The third-order valence-electron chi connectivity index (χ3n) is 9.76. The molecular formula is C34H43BClN6O4Si. The lowest BCUT2D eigenvalue weighted by Gasteiger charge is -2.39. The van der Waals surface area contributed by atoms with Crippen molar-refractivity contribution in [3.8, 4) is 23.1 Å². The minimum Gasteiger partial charge on any atom is -0.494 e. The summed E-state index contributed by atoms with van der Waals surface area (Å²) in [7, 11) is 1.01. The molecule has 5 rings (SSSR count). The van der Waals surface area contributed by atoms with Crippen LogP contribution >= 0.6 is 11.6 Å². The van der Waals surface area contributed by atoms with Crippen LogP contribution in [0.2, 0.25) is 23.2 Å². The number of hydrogen-bond acceptors (Lipinski definition) is 10. The number of anilines is 4. The van der Waals surface area contributed by atoms with Gasteiger partial charge in [-0.1, -0.05) is 39.3 Å². The van der Waals surface area contributed by atoms with Crippen molar-refractivity contribution < 1.29 is 19.1 Å². The molecule has 0 spiro atoms. The maximum atomic E-state index is 11.6. The van der Waals surface area contributed by atoms with Crippen molar-refractivity contribution in [2.45, 2.75) is 70.2 Å². The lowest BCUT2D eigenvalue weighted by Crippen LogP contribution is -2.46. The fourth-order valence-electron chi connectivity index (χ4n) is 5.92. The van der Waals surface area contributed by atoms with Gasteiger partial charge in [-0.15, -0.1) is 0 Å². The molecule has 1 radical (unpaired) electrons. The summed E-state index contributed by atoms with van der Waals surface area (Å²) in [6.45, 7) is 15.6. The minimum absolute atomic E-state index is 0.0355. The van der Waals surface area contributed by atoms with Crippen LogP contribution in [-0.2, 0) is 14.6 Å². The SMILES string of the molecule is COc1cc(N2CCC(O)CC2)c(Cl)cc1Nc1nccc(-c2cc(C#N)c3c(c2)C(C)(CO[Si](C)(C)C(C)(C)C)CN3[B]C=O)n1. The molecule has 247 valence electrons. The van der Waals surface area contributed by atoms with Crippen molar-refractivity contribution in [3.63, 3.8) is 0 Å². The Morgan fingerprint density at radius 3 is 2.62 bits per heavy atom. The largest absolute Gasteiger partial charge is 0.494 e. The smallest absolute Gasteiger partial charge is 0.329 e. The van der Waals surface area contributed by atoms with Gasteiger partial charge in [0, 0.05) is 55.2 Å². The normalized spacial score (nSPS) is 18.5. The average Bonchev–Trinajstić information content (AvgIpc) is 3.31. The standard InChI is InChI=1S/C34H43BClN6O4Si/c1-33(2,3)47(6,7)46-20-34(4)19-42(35-21-43)31-23(18-37)14-22(15-25(31)34)27-8-11-38-32(39-27)40-28-16-26(36)29(17-30(28)45-5)41-12-9-24(44)10-13-41/h8,11,14-17,21,24,44H,9-10,12-13,19-20H2,1-7H3,(H,38,39,40). The number of rotatable bonds is 10. The Bertz CT molecular complexity index is 1690. The molecule has 13 heteroatoms. The van der Waals surface area contributed by atoms with Crippen LogP contribution in [0.4, 0.5) is 23.0 Å². The third-order valence-corrected chi connectivity index (χ3v) is 14.5. The van der Waals surface area contributed by atoms with Gasteiger partial charge in [0.2, 0.25) is 5.95 Å². The third kappa shape index (κ3) is 7.14. The summed E-state index contributed by atoms with van der Waals surface area (Å²) in [5.41, 5.74) is 4.47. The molecule has 0 saturated carbocycles. The van der Waals surface area contributed by atoms with Crippen LogP contribution in [0.1, 0.15) is 51.7 Å². The van der Waals surface area contributed by atoms with E-state index in [1.807, 2.05) is 10.9 Å². The summed E-state index contributed by atoms with van der Waals surface area (Å²) in [4.78, 5) is 24.9. The van der Waals surface area contributed by atoms with E-state index in [2.05, 4.69) is 68.1 Å². The van der Waals surface area contributed by atoms with Crippen LogP contribution in [-0.4, -0.2) is 76.4 Å². The monoisotopic (exact) mass is 673 g/mol. The Hall–Kier alpha value is -3.63. The molecular weight excluding hydrogens is 631 g/mol. The molecule has 10 nitrogen and oxygen atoms in total. The number of carbonyl (C=O) groups excluding carboxylic acids is 1. The number of aliphatic hydroxyl groups is 1. The number of piperidine rings is 1. The number of aromatic nitrogens is 2. The molecule has 1 fully saturated rings. The fraction of sp³-hybridized carbons (Fsp3) is 0.471. The fourth-order valence-corrected chi connectivity index (χ4v) is 7.31. The van der Waals surface area contributed by atoms with E-state index in [1.54, 1.807) is 31.5 Å². The van der Waals surface area contributed by atoms with Crippen molar-refractivity contribution in [2.24, 2.45) is 0 Å². The second kappa shape index (κ2) is 13.5. The number of halogens is 1. The lowest BCUT2D eigenvalue weighted by molar-refractivity contribution is 0.145. The molecule has 1 atom stereocenters. The van der Waals surface area contributed by atoms with Crippen LogP contribution in [0, 0.1) is 11.3 Å². The highest BCUT2D eigenvalue weighted by molar-refractivity contribution is 6.74. The number of methoxy groups -OCH3 is 1. The first-order chi connectivity index (χ1) is 22.2. The molecule has 1 aromatic heterocycles. The van der Waals surface area contributed by atoms with Crippen molar-refractivity contribution in [3.05, 3.63) is 52.7 Å². The van der Waals surface area contributed by atoms with Gasteiger partial charge in [0.15, 0.2) is 8.32 Å². The van der Waals surface area contributed by atoms with E-state index in [9.17, 15) is 15.2 Å². The van der Waals surface area contributed by atoms with Gasteiger partial charge in [-0.25, -0.2) is 9.97 Å². The average molecular weight is 674 g/mol. The van der Waals surface area contributed by atoms with Gasteiger partial charge in [-0.2, -0.15) is 5.26 Å². The molecule has 3 heterocycles. The van der Waals surface area contributed by atoms with E-state index in [0.717, 1.165) is 28.7 Å². The zero-order valence-corrected chi connectivity index (χ0v) is 30.0. The first-order valence-electron chi connectivity index (χ1n) is 15.9. The first kappa shape index (κ1) is 34.7. The molecule has 1 saturated heterocycles. The van der Waals surface area contributed by atoms with Gasteiger partial charge in [0.25, 0.3) is 0 Å². The van der Waals surface area contributed by atoms with Crippen molar-refractivity contribution in [1.29, 1.82) is 5.26 Å². The van der Waals surface area contributed by atoms with Gasteiger partial charge >= 0.3 is 7.41 Å². The summed E-state index contributed by atoms with van der Waals surface area (Å²) in [6.07, 6.45) is 3.51. The van der Waals surface area contributed by atoms with E-state index >= 15 is 0 Å². The highest BCUT2D eigenvalue weighted by atomic mass is 35.5. The van der Waals surface area contributed by atoms with Gasteiger partial charge in [-0.05, 0) is 60.8 Å². The van der Waals surface area contributed by atoms with Gasteiger partial charge in [0.05, 0.1) is 40.9 Å². The maximum absolute atomic E-state index is 11.6. The van der Waals surface area contributed by atoms with Crippen LogP contribution in [0.25, 0.3) is 11.3 Å². The number of nitrogens with one attached hydrogen (secondary N) is 1. The van der Waals surface area contributed by atoms with Gasteiger partial charge < -0.3 is 34.1 Å². The molecule has 2 aliphatic rings. The van der Waals surface area contributed by atoms with Crippen LogP contribution in [0.5, 0.6) is 5.75 Å². The summed E-state index contributed by atoms with van der Waals surface area (Å²) < 4.78 is 12.4. The Balaban J connectivity index is 1.48. The molecule has 0 amide bonds. The first-order valence-corrected chi connectivity index (χ1v) is 19.2. The van der Waals surface area contributed by atoms with Crippen molar-refractivity contribution >= 4 is 56.5 Å². The van der Waals surface area contributed by atoms with Gasteiger partial charge in [-0.3, -0.25) is 0 Å². The van der Waals surface area contributed by atoms with E-state index < -0.39 is 13.7 Å². The van der Waals surface area contributed by atoms with Crippen molar-refractivity contribution in [1.82, 2.24) is 9.97 Å². The Kier molecular flexibility index (Phi) is 9.95. The van der Waals surface area contributed by atoms with Crippen molar-refractivity contribution in [2.75, 3.05) is 48.4 Å². The molecule has 2 N–H and O–H groups in total. The lowest BCUT2D eigenvalue weighted by atomic mass is 9.83. The minimum atomic E-state index is -2.08. The molecule has 2 aliphatic heterocycles. The maximum Gasteiger partial charge on any atom is 0.329 e. The second-order valence-corrected chi connectivity index (χ2v) is 19.4. The number of hydrogen-bond donors (Lipinski definition) is 2. The number of nitriles is 1. The zero-order chi connectivity index (χ0) is 34.1. The number of fused-ring (bicyclic) bond motifs is 1. The molecule has 0 aliphatic carbocycles. The van der Waals surface area contributed by atoms with E-state index in [1.165, 1.54) is 7.41 Å². The van der Waals surface area contributed by atoms with Crippen LogP contribution in [0.3, 0.4) is 0 Å². The number of ether oxygens (including phenoxy) is 1. The zero-order valence-electron chi connectivity index (χ0n) is 28.2. The summed E-state index contributed by atoms with van der Waals surface area (Å²) in [5, 5.41) is 24.0. The highest BCUT2D eigenvalue weighted by Gasteiger charge is 2.44. The second-order valence-electron chi connectivity index (χ2n) is 14.2. The number of aliphatic hydroxyl groups excluding tert-OH is 1. The molecule has 47 heavy (non-hydrogen) atoms. The number of benzene rings is 2. The molecule has 1 unspecified atom stereocenters. The molecule has 3 aromatic rings. The number of carbonyl (C=O) groups is 1. The predicted molar refractivity (Wildman–Crippen MR) is 191 cm³/mol. The quantitative estimate of drug-likeness (QED) is 0.187. The predicted octanol–water partition coefficient (Wildman–Crippen LogP) is 6.29. The van der Waals surface area contributed by atoms with E-state index in [-0.39, 0.29) is 11.1 Å². The van der Waals surface area contributed by atoms with Gasteiger partial charge in [0.1, 0.15) is 18.0 Å². The molecule has 2 aromatic carbocycles. The summed E-state index contributed by atoms with van der Waals surface area (Å²) in [6, 6.07) is 11.7. The molecule has 0 bridgehead atoms. The summed E-state index contributed by atoms with van der Waals surface area (Å²) in [5.74, 6) is 0.919. The summed E-state index contributed by atoms with van der Waals surface area (Å²) >= 11 is 6.74. The Labute approximate surface area is 284 Å². The number of nitrogens with zero attached hydrogens (tertiary/aromatic N) is 5.